The van der Waals surface area contributed by atoms with Gasteiger partial charge >= 0.3 is 0 Å². The van der Waals surface area contributed by atoms with E-state index < -0.39 is 0 Å². The number of anilines is 1. The van der Waals surface area contributed by atoms with Crippen LogP contribution >= 0.6 is 12.2 Å². The van der Waals surface area contributed by atoms with Crippen LogP contribution in [0.1, 0.15) is 18.9 Å². The standard InChI is InChI=1S/C12H18N2OS/c1-8(2)9-10(11(15)12(9)16)13-6-5-7-14(3)4/h13H,1,5-7H2,2-4H3. The van der Waals surface area contributed by atoms with E-state index in [1.165, 1.54) is 0 Å². The average Bonchev–Trinajstić information content (AvgIpc) is 2.20. The van der Waals surface area contributed by atoms with Crippen LogP contribution in [0.4, 0.5) is 5.69 Å². The smallest absolute Gasteiger partial charge is 0.220 e. The molecule has 0 amide bonds. The third kappa shape index (κ3) is 2.77. The second-order valence-electron chi connectivity index (χ2n) is 4.27. The van der Waals surface area contributed by atoms with E-state index in [1.807, 2.05) is 21.0 Å². The summed E-state index contributed by atoms with van der Waals surface area (Å²) in [5.41, 5.74) is 2.30. The minimum absolute atomic E-state index is 0.0437. The van der Waals surface area contributed by atoms with Crippen molar-refractivity contribution < 1.29 is 0 Å². The molecule has 0 saturated carbocycles. The molecule has 3 nitrogen and oxygen atoms in total. The lowest BCUT2D eigenvalue weighted by Gasteiger charge is -2.15. The van der Waals surface area contributed by atoms with E-state index >= 15 is 0 Å². The van der Waals surface area contributed by atoms with Gasteiger partial charge in [-0.25, -0.2) is 0 Å². The van der Waals surface area contributed by atoms with Gasteiger partial charge in [0.2, 0.25) is 5.43 Å². The number of nitrogens with zero attached hydrogens (tertiary/aromatic N) is 1. The van der Waals surface area contributed by atoms with Gasteiger partial charge in [-0.05, 0) is 39.6 Å². The Labute approximate surface area is 101 Å². The third-order valence-corrected chi connectivity index (χ3v) is 2.81. The topological polar surface area (TPSA) is 32.3 Å². The second-order valence-corrected chi connectivity index (χ2v) is 4.68. The van der Waals surface area contributed by atoms with Crippen LogP contribution in [0.3, 0.4) is 0 Å². The van der Waals surface area contributed by atoms with E-state index in [4.69, 9.17) is 12.2 Å². The lowest BCUT2D eigenvalue weighted by atomic mass is 10.0. The molecule has 0 aliphatic carbocycles. The quantitative estimate of drug-likeness (QED) is 0.607. The Kier molecular flexibility index (Phi) is 4.38. The van der Waals surface area contributed by atoms with E-state index in [-0.39, 0.29) is 5.43 Å². The molecule has 88 valence electrons. The first-order chi connectivity index (χ1) is 7.45. The predicted octanol–water partition coefficient (Wildman–Crippen LogP) is 2.05. The van der Waals surface area contributed by atoms with E-state index in [9.17, 15) is 4.79 Å². The van der Waals surface area contributed by atoms with E-state index in [2.05, 4.69) is 16.8 Å². The highest BCUT2D eigenvalue weighted by Gasteiger charge is 2.17. The molecule has 4 heteroatoms. The lowest BCUT2D eigenvalue weighted by molar-refractivity contribution is 0.405. The Balaban J connectivity index is 2.56. The highest BCUT2D eigenvalue weighted by molar-refractivity contribution is 7.71. The Morgan fingerprint density at radius 3 is 2.62 bits per heavy atom. The summed E-state index contributed by atoms with van der Waals surface area (Å²) in [7, 11) is 4.06. The minimum atomic E-state index is -0.0437. The van der Waals surface area contributed by atoms with Gasteiger partial charge in [-0.2, -0.15) is 0 Å². The molecule has 1 rings (SSSR count). The highest BCUT2D eigenvalue weighted by atomic mass is 32.1. The third-order valence-electron chi connectivity index (χ3n) is 2.42. The fourth-order valence-electron chi connectivity index (χ4n) is 1.58. The second kappa shape index (κ2) is 5.37. The molecule has 0 bridgehead atoms. The Morgan fingerprint density at radius 2 is 2.12 bits per heavy atom. The highest BCUT2D eigenvalue weighted by Crippen LogP contribution is 2.23. The number of hydrogen-bond acceptors (Lipinski definition) is 4. The molecule has 0 aliphatic heterocycles. The van der Waals surface area contributed by atoms with Crippen molar-refractivity contribution in [2.24, 2.45) is 0 Å². The Morgan fingerprint density at radius 1 is 1.50 bits per heavy atom. The van der Waals surface area contributed by atoms with Crippen molar-refractivity contribution in [1.82, 2.24) is 4.90 Å². The lowest BCUT2D eigenvalue weighted by Crippen LogP contribution is -2.23. The van der Waals surface area contributed by atoms with Crippen LogP contribution < -0.4 is 10.7 Å². The van der Waals surface area contributed by atoms with Crippen LogP contribution in [0.5, 0.6) is 0 Å². The maximum Gasteiger partial charge on any atom is 0.220 e. The van der Waals surface area contributed by atoms with Crippen LogP contribution in [0.15, 0.2) is 11.4 Å². The van der Waals surface area contributed by atoms with Gasteiger partial charge in [-0.1, -0.05) is 18.8 Å². The van der Waals surface area contributed by atoms with Gasteiger partial charge in [0.25, 0.3) is 0 Å². The largest absolute Gasteiger partial charge is 0.381 e. The maximum atomic E-state index is 11.5. The molecule has 1 aromatic rings. The van der Waals surface area contributed by atoms with Gasteiger partial charge in [0, 0.05) is 12.1 Å². The molecule has 0 spiro atoms. The Hall–Kier alpha value is -1.00. The zero-order valence-corrected chi connectivity index (χ0v) is 10.9. The summed E-state index contributed by atoms with van der Waals surface area (Å²) in [6.45, 7) is 7.49. The minimum Gasteiger partial charge on any atom is -0.381 e. The van der Waals surface area contributed by atoms with Crippen molar-refractivity contribution in [2.75, 3.05) is 32.5 Å². The molecule has 1 aromatic carbocycles. The zero-order valence-electron chi connectivity index (χ0n) is 10.1. The maximum absolute atomic E-state index is 11.5. The van der Waals surface area contributed by atoms with Crippen molar-refractivity contribution in [3.05, 3.63) is 26.9 Å². The van der Waals surface area contributed by atoms with E-state index in [0.717, 1.165) is 30.6 Å². The molecule has 16 heavy (non-hydrogen) atoms. The van der Waals surface area contributed by atoms with Crippen molar-refractivity contribution in [2.45, 2.75) is 13.3 Å². The summed E-state index contributed by atoms with van der Waals surface area (Å²) < 4.78 is 0.419. The summed E-state index contributed by atoms with van der Waals surface area (Å²) in [4.78, 5) is 13.6. The number of allylic oxidation sites excluding steroid dienone is 1. The SMILES string of the molecule is C=C(C)c1c(NCCCN(C)C)c(=O)c1=S. The molecule has 1 N–H and O–H groups in total. The first-order valence-electron chi connectivity index (χ1n) is 5.33. The van der Waals surface area contributed by atoms with Crippen LogP contribution in [-0.4, -0.2) is 32.1 Å². The van der Waals surface area contributed by atoms with Gasteiger partial charge in [0.1, 0.15) is 0 Å². The molecule has 0 saturated heterocycles. The van der Waals surface area contributed by atoms with Gasteiger partial charge < -0.3 is 10.2 Å². The molecular formula is C12H18N2OS. The van der Waals surface area contributed by atoms with E-state index in [0.29, 0.717) is 10.2 Å². The van der Waals surface area contributed by atoms with Crippen molar-refractivity contribution in [3.8, 4) is 0 Å². The summed E-state index contributed by atoms with van der Waals surface area (Å²) in [6.07, 6.45) is 1.00. The van der Waals surface area contributed by atoms with Crippen molar-refractivity contribution in [3.63, 3.8) is 0 Å². The summed E-state index contributed by atoms with van der Waals surface area (Å²) in [5, 5.41) is 3.14. The van der Waals surface area contributed by atoms with Gasteiger partial charge in [0.15, 0.2) is 0 Å². The molecule has 0 radical (unpaired) electrons. The van der Waals surface area contributed by atoms with Gasteiger partial charge in [-0.3, -0.25) is 4.79 Å². The van der Waals surface area contributed by atoms with Crippen molar-refractivity contribution in [1.29, 1.82) is 0 Å². The van der Waals surface area contributed by atoms with Gasteiger partial charge in [-0.15, -0.1) is 0 Å². The zero-order chi connectivity index (χ0) is 12.3. The average molecular weight is 238 g/mol. The first-order valence-corrected chi connectivity index (χ1v) is 5.73. The monoisotopic (exact) mass is 238 g/mol. The molecule has 0 aliphatic rings. The summed E-state index contributed by atoms with van der Waals surface area (Å²) >= 11 is 4.98. The Bertz CT molecular complexity index is 456. The van der Waals surface area contributed by atoms with Crippen LogP contribution in [0, 0.1) is 4.51 Å². The van der Waals surface area contributed by atoms with Crippen LogP contribution in [0.2, 0.25) is 0 Å². The molecular weight excluding hydrogens is 220 g/mol. The van der Waals surface area contributed by atoms with Crippen molar-refractivity contribution >= 4 is 23.5 Å². The fraction of sp³-hybridized carbons (Fsp3) is 0.500. The van der Waals surface area contributed by atoms with E-state index in [1.54, 1.807) is 0 Å². The number of hydrogen-bond donors (Lipinski definition) is 1. The predicted molar refractivity (Wildman–Crippen MR) is 72.3 cm³/mol. The van der Waals surface area contributed by atoms with Crippen LogP contribution in [-0.2, 0) is 0 Å². The molecule has 0 unspecified atom stereocenters. The van der Waals surface area contributed by atoms with Crippen LogP contribution in [0.25, 0.3) is 5.57 Å². The first kappa shape index (κ1) is 13.1. The molecule has 0 fully saturated rings. The van der Waals surface area contributed by atoms with Gasteiger partial charge in [0.05, 0.1) is 10.2 Å². The number of nitrogens with one attached hydrogen (secondary N) is 1. The molecule has 0 heterocycles. The summed E-state index contributed by atoms with van der Waals surface area (Å²) in [5.74, 6) is 0. The molecule has 0 atom stereocenters. The number of rotatable bonds is 6. The normalized spacial score (nSPS) is 11.0. The molecule has 0 aromatic heterocycles. The fourth-order valence-corrected chi connectivity index (χ4v) is 1.95. The summed E-state index contributed by atoms with van der Waals surface area (Å²) in [6, 6.07) is 0.